The first-order chi connectivity index (χ1) is 9.08. The number of fused-ring (bicyclic) bond motifs is 1. The Hall–Kier alpha value is -1.68. The largest absolute Gasteiger partial charge is 0.304 e. The van der Waals surface area contributed by atoms with E-state index in [0.717, 1.165) is 22.0 Å². The minimum Gasteiger partial charge on any atom is -0.304 e. The van der Waals surface area contributed by atoms with Gasteiger partial charge in [-0.25, -0.2) is 4.98 Å². The van der Waals surface area contributed by atoms with Gasteiger partial charge in [-0.05, 0) is 38.8 Å². The lowest BCUT2D eigenvalue weighted by Gasteiger charge is -2.22. The van der Waals surface area contributed by atoms with Crippen LogP contribution in [-0.4, -0.2) is 16.9 Å². The molecule has 1 aromatic heterocycles. The van der Waals surface area contributed by atoms with Gasteiger partial charge < -0.3 is 4.90 Å². The molecule has 1 aliphatic rings. The van der Waals surface area contributed by atoms with Gasteiger partial charge in [0.15, 0.2) is 0 Å². The molecule has 1 unspecified atom stereocenters. The molecule has 4 heteroatoms. The molecule has 2 heterocycles. The summed E-state index contributed by atoms with van der Waals surface area (Å²) >= 11 is 1.58. The number of thiazole rings is 1. The molecule has 1 atom stereocenters. The van der Waals surface area contributed by atoms with E-state index in [-0.39, 0.29) is 11.9 Å². The van der Waals surface area contributed by atoms with Crippen LogP contribution in [0.3, 0.4) is 0 Å². The third-order valence-electron chi connectivity index (χ3n) is 3.53. The van der Waals surface area contributed by atoms with Crippen molar-refractivity contribution in [3.63, 3.8) is 0 Å². The first kappa shape index (κ1) is 12.4. The standard InChI is InChI=1S/C15H16N2OS/c1-9-8-12-6-4-5-7-13(12)17(9)15(18)14-10(2)19-11(3)16-14/h4-7,9H,8H2,1-3H3. The van der Waals surface area contributed by atoms with E-state index in [4.69, 9.17) is 0 Å². The van der Waals surface area contributed by atoms with Crippen LogP contribution in [0.2, 0.25) is 0 Å². The molecule has 0 saturated heterocycles. The summed E-state index contributed by atoms with van der Waals surface area (Å²) in [6.45, 7) is 5.99. The van der Waals surface area contributed by atoms with Gasteiger partial charge in [-0.1, -0.05) is 18.2 Å². The fourth-order valence-electron chi connectivity index (χ4n) is 2.72. The van der Waals surface area contributed by atoms with Crippen molar-refractivity contribution in [2.45, 2.75) is 33.2 Å². The van der Waals surface area contributed by atoms with Gasteiger partial charge in [0.05, 0.1) is 5.01 Å². The molecule has 0 radical (unpaired) electrons. The molecule has 0 bridgehead atoms. The number of anilines is 1. The number of para-hydroxylation sites is 1. The maximum atomic E-state index is 12.7. The van der Waals surface area contributed by atoms with Crippen molar-refractivity contribution < 1.29 is 4.79 Å². The highest BCUT2D eigenvalue weighted by molar-refractivity contribution is 7.11. The molecule has 0 saturated carbocycles. The number of aryl methyl sites for hydroxylation is 2. The topological polar surface area (TPSA) is 33.2 Å². The van der Waals surface area contributed by atoms with Gasteiger partial charge in [-0.2, -0.15) is 0 Å². The SMILES string of the molecule is Cc1nc(C(=O)N2c3ccccc3CC2C)c(C)s1. The fraction of sp³-hybridized carbons (Fsp3) is 0.333. The van der Waals surface area contributed by atoms with Crippen LogP contribution in [0.5, 0.6) is 0 Å². The van der Waals surface area contributed by atoms with Crippen molar-refractivity contribution in [1.29, 1.82) is 0 Å². The van der Waals surface area contributed by atoms with Crippen LogP contribution < -0.4 is 4.90 Å². The number of hydrogen-bond acceptors (Lipinski definition) is 3. The minimum absolute atomic E-state index is 0.0271. The van der Waals surface area contributed by atoms with Gasteiger partial charge in [0.25, 0.3) is 5.91 Å². The predicted molar refractivity (Wildman–Crippen MR) is 78.0 cm³/mol. The van der Waals surface area contributed by atoms with E-state index in [1.54, 1.807) is 11.3 Å². The molecule has 1 amide bonds. The third kappa shape index (κ3) is 1.96. The summed E-state index contributed by atoms with van der Waals surface area (Å²) in [6.07, 6.45) is 0.921. The first-order valence-corrected chi connectivity index (χ1v) is 7.25. The number of carbonyl (C=O) groups is 1. The number of carbonyl (C=O) groups excluding carboxylic acids is 1. The average Bonchev–Trinajstić information content (AvgIpc) is 2.87. The molecule has 3 nitrogen and oxygen atoms in total. The van der Waals surface area contributed by atoms with E-state index in [0.29, 0.717) is 5.69 Å². The third-order valence-corrected chi connectivity index (χ3v) is 4.42. The van der Waals surface area contributed by atoms with Crippen molar-refractivity contribution in [2.75, 3.05) is 4.90 Å². The second kappa shape index (κ2) is 4.46. The smallest absolute Gasteiger partial charge is 0.278 e. The summed E-state index contributed by atoms with van der Waals surface area (Å²) in [4.78, 5) is 20.0. The molecule has 19 heavy (non-hydrogen) atoms. The van der Waals surface area contributed by atoms with E-state index in [1.165, 1.54) is 5.56 Å². The summed E-state index contributed by atoms with van der Waals surface area (Å²) in [7, 11) is 0. The number of benzene rings is 1. The van der Waals surface area contributed by atoms with Crippen molar-refractivity contribution in [1.82, 2.24) is 4.98 Å². The Morgan fingerprint density at radius 3 is 2.79 bits per heavy atom. The van der Waals surface area contributed by atoms with Crippen LogP contribution in [0.15, 0.2) is 24.3 Å². The van der Waals surface area contributed by atoms with Crippen LogP contribution in [-0.2, 0) is 6.42 Å². The maximum Gasteiger partial charge on any atom is 0.278 e. The van der Waals surface area contributed by atoms with E-state index in [9.17, 15) is 4.79 Å². The van der Waals surface area contributed by atoms with Gasteiger partial charge in [0, 0.05) is 16.6 Å². The monoisotopic (exact) mass is 272 g/mol. The first-order valence-electron chi connectivity index (χ1n) is 6.43. The summed E-state index contributed by atoms with van der Waals surface area (Å²) in [5.74, 6) is 0.0271. The quantitative estimate of drug-likeness (QED) is 0.797. The van der Waals surface area contributed by atoms with E-state index in [2.05, 4.69) is 18.0 Å². The van der Waals surface area contributed by atoms with Crippen LogP contribution in [0, 0.1) is 13.8 Å². The number of nitrogens with zero attached hydrogens (tertiary/aromatic N) is 2. The van der Waals surface area contributed by atoms with Gasteiger partial charge in [0.2, 0.25) is 0 Å². The zero-order valence-electron chi connectivity index (χ0n) is 11.3. The van der Waals surface area contributed by atoms with Crippen molar-refractivity contribution >= 4 is 22.9 Å². The van der Waals surface area contributed by atoms with Gasteiger partial charge >= 0.3 is 0 Å². The number of rotatable bonds is 1. The molecule has 0 fully saturated rings. The van der Waals surface area contributed by atoms with Gasteiger partial charge in [0.1, 0.15) is 5.69 Å². The second-order valence-corrected chi connectivity index (χ2v) is 6.40. The minimum atomic E-state index is 0.0271. The van der Waals surface area contributed by atoms with E-state index in [1.807, 2.05) is 36.9 Å². The highest BCUT2D eigenvalue weighted by Crippen LogP contribution is 2.33. The second-order valence-electron chi connectivity index (χ2n) is 4.99. The molecular weight excluding hydrogens is 256 g/mol. The lowest BCUT2D eigenvalue weighted by atomic mass is 10.1. The van der Waals surface area contributed by atoms with Crippen molar-refractivity contribution in [3.05, 3.63) is 45.4 Å². The Balaban J connectivity index is 2.03. The Bertz CT molecular complexity index is 647. The molecule has 1 aliphatic heterocycles. The van der Waals surface area contributed by atoms with E-state index < -0.39 is 0 Å². The highest BCUT2D eigenvalue weighted by atomic mass is 32.1. The van der Waals surface area contributed by atoms with Crippen LogP contribution in [0.4, 0.5) is 5.69 Å². The molecule has 98 valence electrons. The lowest BCUT2D eigenvalue weighted by molar-refractivity contribution is 0.0976. The Morgan fingerprint density at radius 1 is 1.37 bits per heavy atom. The molecular formula is C15H16N2OS. The van der Waals surface area contributed by atoms with Crippen molar-refractivity contribution in [3.8, 4) is 0 Å². The van der Waals surface area contributed by atoms with Crippen LogP contribution >= 0.6 is 11.3 Å². The molecule has 3 rings (SSSR count). The maximum absolute atomic E-state index is 12.7. The molecule has 0 spiro atoms. The summed E-state index contributed by atoms with van der Waals surface area (Å²) < 4.78 is 0. The number of amides is 1. The Labute approximate surface area is 116 Å². The van der Waals surface area contributed by atoms with Crippen molar-refractivity contribution in [2.24, 2.45) is 0 Å². The van der Waals surface area contributed by atoms with Crippen LogP contribution in [0.1, 0.15) is 32.9 Å². The highest BCUT2D eigenvalue weighted by Gasteiger charge is 2.32. The van der Waals surface area contributed by atoms with Gasteiger partial charge in [-0.15, -0.1) is 11.3 Å². The summed E-state index contributed by atoms with van der Waals surface area (Å²) in [5.41, 5.74) is 2.88. The number of hydrogen-bond donors (Lipinski definition) is 0. The summed E-state index contributed by atoms with van der Waals surface area (Å²) in [5, 5.41) is 0.945. The normalized spacial score (nSPS) is 17.6. The Morgan fingerprint density at radius 2 is 2.11 bits per heavy atom. The Kier molecular flexibility index (Phi) is 2.90. The fourth-order valence-corrected chi connectivity index (χ4v) is 3.53. The zero-order chi connectivity index (χ0) is 13.6. The van der Waals surface area contributed by atoms with Gasteiger partial charge in [-0.3, -0.25) is 4.79 Å². The molecule has 0 aliphatic carbocycles. The lowest BCUT2D eigenvalue weighted by Crippen LogP contribution is -2.36. The average molecular weight is 272 g/mol. The zero-order valence-corrected chi connectivity index (χ0v) is 12.1. The summed E-state index contributed by atoms with van der Waals surface area (Å²) in [6, 6.07) is 8.32. The number of aromatic nitrogens is 1. The molecule has 2 aromatic rings. The van der Waals surface area contributed by atoms with E-state index >= 15 is 0 Å². The van der Waals surface area contributed by atoms with Crippen LogP contribution in [0.25, 0.3) is 0 Å². The molecule has 0 N–H and O–H groups in total. The molecule has 1 aromatic carbocycles. The predicted octanol–water partition coefficient (Wildman–Crippen LogP) is 3.35.